The van der Waals surface area contributed by atoms with Crippen molar-refractivity contribution in [1.82, 2.24) is 0 Å². The SMILES string of the molecule is COc1ccc(C)cc1C(CC[N+](C)(C(C)C)C(C)C)c1ccccc1. The number of methoxy groups -OCH3 is 1. The Morgan fingerprint density at radius 3 is 2.08 bits per heavy atom. The van der Waals surface area contributed by atoms with Crippen molar-refractivity contribution in [2.24, 2.45) is 0 Å². The molecule has 142 valence electrons. The molecule has 1 unspecified atom stereocenters. The van der Waals surface area contributed by atoms with Crippen molar-refractivity contribution in [3.8, 4) is 5.75 Å². The zero-order chi connectivity index (χ0) is 19.3. The molecule has 0 spiro atoms. The number of nitrogens with zero attached hydrogens (tertiary/aromatic N) is 1. The van der Waals surface area contributed by atoms with Crippen molar-refractivity contribution in [1.29, 1.82) is 0 Å². The van der Waals surface area contributed by atoms with Gasteiger partial charge in [0.2, 0.25) is 0 Å². The molecule has 0 fully saturated rings. The van der Waals surface area contributed by atoms with Crippen LogP contribution in [0.15, 0.2) is 48.5 Å². The maximum atomic E-state index is 5.72. The fourth-order valence-corrected chi connectivity index (χ4v) is 3.83. The Labute approximate surface area is 160 Å². The second kappa shape index (κ2) is 8.73. The van der Waals surface area contributed by atoms with Crippen molar-refractivity contribution in [2.45, 2.75) is 59.0 Å². The molecule has 1 atom stereocenters. The van der Waals surface area contributed by atoms with Crippen molar-refractivity contribution < 1.29 is 9.22 Å². The molecule has 0 saturated carbocycles. The van der Waals surface area contributed by atoms with Crippen LogP contribution in [0.4, 0.5) is 0 Å². The molecule has 0 bridgehead atoms. The predicted octanol–water partition coefficient (Wildman–Crippen LogP) is 5.79. The average Bonchev–Trinajstić information content (AvgIpc) is 2.62. The fourth-order valence-electron chi connectivity index (χ4n) is 3.83. The molecule has 0 aliphatic heterocycles. The van der Waals surface area contributed by atoms with Gasteiger partial charge in [0.25, 0.3) is 0 Å². The maximum absolute atomic E-state index is 5.72. The minimum Gasteiger partial charge on any atom is -0.496 e. The second-order valence-corrected chi connectivity index (χ2v) is 8.26. The van der Waals surface area contributed by atoms with E-state index in [-0.39, 0.29) is 0 Å². The molecule has 0 radical (unpaired) electrons. The fraction of sp³-hybridized carbons (Fsp3) is 0.500. The van der Waals surface area contributed by atoms with Crippen molar-refractivity contribution in [3.63, 3.8) is 0 Å². The summed E-state index contributed by atoms with van der Waals surface area (Å²) in [6.07, 6.45) is 1.11. The maximum Gasteiger partial charge on any atom is 0.122 e. The van der Waals surface area contributed by atoms with Gasteiger partial charge < -0.3 is 9.22 Å². The lowest BCUT2D eigenvalue weighted by Crippen LogP contribution is -2.55. The molecule has 26 heavy (non-hydrogen) atoms. The Bertz CT molecular complexity index is 683. The van der Waals surface area contributed by atoms with Gasteiger partial charge in [-0.25, -0.2) is 0 Å². The molecule has 2 heteroatoms. The summed E-state index contributed by atoms with van der Waals surface area (Å²) in [6, 6.07) is 18.6. The minimum absolute atomic E-state index is 0.348. The van der Waals surface area contributed by atoms with E-state index < -0.39 is 0 Å². The zero-order valence-corrected chi connectivity index (χ0v) is 17.6. The van der Waals surface area contributed by atoms with Crippen LogP contribution in [0.5, 0.6) is 5.75 Å². The van der Waals surface area contributed by atoms with Gasteiger partial charge in [-0.05, 0) is 46.2 Å². The molecule has 0 aliphatic carbocycles. The third kappa shape index (κ3) is 4.48. The van der Waals surface area contributed by atoms with Crippen LogP contribution in [0.2, 0.25) is 0 Å². The van der Waals surface area contributed by atoms with E-state index in [2.05, 4.69) is 90.2 Å². The zero-order valence-electron chi connectivity index (χ0n) is 17.6. The number of hydrogen-bond acceptors (Lipinski definition) is 1. The van der Waals surface area contributed by atoms with Crippen LogP contribution in [0, 0.1) is 6.92 Å². The highest BCUT2D eigenvalue weighted by Crippen LogP contribution is 2.36. The highest BCUT2D eigenvalue weighted by atomic mass is 16.5. The molecular weight excluding hydrogens is 318 g/mol. The molecule has 2 aromatic rings. The second-order valence-electron chi connectivity index (χ2n) is 8.26. The number of rotatable bonds is 8. The van der Waals surface area contributed by atoms with Gasteiger partial charge in [0.1, 0.15) is 5.75 Å². The molecule has 0 heterocycles. The van der Waals surface area contributed by atoms with E-state index in [4.69, 9.17) is 4.74 Å². The van der Waals surface area contributed by atoms with Crippen molar-refractivity contribution in [3.05, 3.63) is 65.2 Å². The Kier molecular flexibility index (Phi) is 6.88. The summed E-state index contributed by atoms with van der Waals surface area (Å²) >= 11 is 0. The number of benzene rings is 2. The lowest BCUT2D eigenvalue weighted by atomic mass is 9.86. The Morgan fingerprint density at radius 2 is 1.54 bits per heavy atom. The number of ether oxygens (including phenoxy) is 1. The first-order chi connectivity index (χ1) is 12.3. The van der Waals surface area contributed by atoms with Gasteiger partial charge in [-0.3, -0.25) is 0 Å². The Hall–Kier alpha value is -1.80. The van der Waals surface area contributed by atoms with Gasteiger partial charge in [-0.1, -0.05) is 48.0 Å². The molecule has 0 aromatic heterocycles. The molecular formula is C24H36NO+. The van der Waals surface area contributed by atoms with E-state index in [1.54, 1.807) is 7.11 Å². The molecule has 0 amide bonds. The van der Waals surface area contributed by atoms with Crippen LogP contribution >= 0.6 is 0 Å². The van der Waals surface area contributed by atoms with Gasteiger partial charge in [0.15, 0.2) is 0 Å². The molecule has 0 aliphatic rings. The summed E-state index contributed by atoms with van der Waals surface area (Å²) in [5, 5.41) is 0. The van der Waals surface area contributed by atoms with Gasteiger partial charge in [-0.15, -0.1) is 0 Å². The van der Waals surface area contributed by atoms with E-state index in [9.17, 15) is 0 Å². The van der Waals surface area contributed by atoms with Crippen LogP contribution in [0.3, 0.4) is 0 Å². The van der Waals surface area contributed by atoms with Crippen molar-refractivity contribution >= 4 is 0 Å². The predicted molar refractivity (Wildman–Crippen MR) is 112 cm³/mol. The molecule has 0 saturated heterocycles. The monoisotopic (exact) mass is 354 g/mol. The third-order valence-corrected chi connectivity index (χ3v) is 6.22. The van der Waals surface area contributed by atoms with Crippen LogP contribution in [0.1, 0.15) is 56.7 Å². The third-order valence-electron chi connectivity index (χ3n) is 6.22. The van der Waals surface area contributed by atoms with Crippen molar-refractivity contribution in [2.75, 3.05) is 20.7 Å². The Balaban J connectivity index is 2.42. The molecule has 2 aromatic carbocycles. The van der Waals surface area contributed by atoms with Crippen LogP contribution < -0.4 is 4.74 Å². The van der Waals surface area contributed by atoms with Gasteiger partial charge >= 0.3 is 0 Å². The van der Waals surface area contributed by atoms with Crippen LogP contribution in [-0.2, 0) is 0 Å². The van der Waals surface area contributed by atoms with E-state index in [0.717, 1.165) is 23.2 Å². The molecule has 2 nitrogen and oxygen atoms in total. The van der Waals surface area contributed by atoms with E-state index in [1.807, 2.05) is 0 Å². The van der Waals surface area contributed by atoms with Gasteiger partial charge in [0.05, 0.1) is 32.8 Å². The van der Waals surface area contributed by atoms with Crippen LogP contribution in [-0.4, -0.2) is 37.3 Å². The Morgan fingerprint density at radius 1 is 0.923 bits per heavy atom. The van der Waals surface area contributed by atoms with Crippen LogP contribution in [0.25, 0.3) is 0 Å². The average molecular weight is 355 g/mol. The van der Waals surface area contributed by atoms with E-state index >= 15 is 0 Å². The first-order valence-corrected chi connectivity index (χ1v) is 9.84. The topological polar surface area (TPSA) is 9.23 Å². The highest BCUT2D eigenvalue weighted by molar-refractivity contribution is 5.44. The first-order valence-electron chi connectivity index (χ1n) is 9.84. The number of aryl methyl sites for hydroxylation is 1. The largest absolute Gasteiger partial charge is 0.496 e. The summed E-state index contributed by atoms with van der Waals surface area (Å²) in [6.45, 7) is 12.7. The normalized spacial score (nSPS) is 13.3. The first kappa shape index (κ1) is 20.5. The number of quaternary nitrogens is 1. The summed E-state index contributed by atoms with van der Waals surface area (Å²) < 4.78 is 6.81. The standard InChI is InChI=1S/C24H36NO/c1-18(2)25(6,19(3)4)16-15-22(21-11-9-8-10-12-21)23-17-20(5)13-14-24(23)26-7/h8-14,17-19,22H,15-16H2,1-7H3/q+1. The summed E-state index contributed by atoms with van der Waals surface area (Å²) in [4.78, 5) is 0. The lowest BCUT2D eigenvalue weighted by molar-refractivity contribution is -0.949. The summed E-state index contributed by atoms with van der Waals surface area (Å²) in [5.74, 6) is 1.34. The van der Waals surface area contributed by atoms with Gasteiger partial charge in [-0.2, -0.15) is 0 Å². The summed E-state index contributed by atoms with van der Waals surface area (Å²) in [7, 11) is 4.17. The quantitative estimate of drug-likeness (QED) is 0.545. The lowest BCUT2D eigenvalue weighted by Gasteiger charge is -2.43. The van der Waals surface area contributed by atoms with E-state index in [0.29, 0.717) is 18.0 Å². The molecule has 0 N–H and O–H groups in total. The van der Waals surface area contributed by atoms with E-state index in [1.165, 1.54) is 16.7 Å². The molecule has 2 rings (SSSR count). The minimum atomic E-state index is 0.348. The van der Waals surface area contributed by atoms with Gasteiger partial charge in [0, 0.05) is 17.9 Å². The smallest absolute Gasteiger partial charge is 0.122 e. The highest BCUT2D eigenvalue weighted by Gasteiger charge is 2.31. The number of hydrogen-bond donors (Lipinski definition) is 0. The summed E-state index contributed by atoms with van der Waals surface area (Å²) in [5.41, 5.74) is 3.96.